The molecule has 0 saturated carbocycles. The number of ether oxygens (including phenoxy) is 1. The first kappa shape index (κ1) is 22.3. The Morgan fingerprint density at radius 1 is 1.05 bits per heavy atom. The predicted octanol–water partition coefficient (Wildman–Crippen LogP) is 4.40. The lowest BCUT2D eigenvalue weighted by Gasteiger charge is -2.42. The molecule has 2 unspecified atom stereocenters. The highest BCUT2D eigenvalue weighted by atomic mass is 19.1. The van der Waals surface area contributed by atoms with E-state index in [1.165, 1.54) is 11.6 Å². The van der Waals surface area contributed by atoms with Crippen LogP contribution in [-0.2, 0) is 16.7 Å². The van der Waals surface area contributed by atoms with Crippen LogP contribution in [0.2, 0.25) is 0 Å². The van der Waals surface area contributed by atoms with E-state index in [0.717, 1.165) is 35.3 Å². The van der Waals surface area contributed by atoms with Gasteiger partial charge in [0.2, 0.25) is 11.8 Å². The van der Waals surface area contributed by atoms with Gasteiger partial charge in [0.1, 0.15) is 17.3 Å². The van der Waals surface area contributed by atoms with Crippen LogP contribution in [0.15, 0.2) is 47.0 Å². The Hall–Kier alpha value is -3.89. The van der Waals surface area contributed by atoms with Crippen molar-refractivity contribution in [3.8, 4) is 11.4 Å². The van der Waals surface area contributed by atoms with Crippen LogP contribution in [0.4, 0.5) is 4.39 Å². The van der Waals surface area contributed by atoms with Crippen molar-refractivity contribution in [1.82, 2.24) is 35.5 Å². The number of fused-ring (bicyclic) bond motifs is 3. The fourth-order valence-corrected chi connectivity index (χ4v) is 5.78. The molecule has 5 aromatic rings. The maximum atomic E-state index is 13.8. The third-order valence-corrected chi connectivity index (χ3v) is 7.51. The number of imidazole rings is 1. The van der Waals surface area contributed by atoms with Gasteiger partial charge in [0, 0.05) is 30.6 Å². The molecule has 1 fully saturated rings. The van der Waals surface area contributed by atoms with E-state index in [-0.39, 0.29) is 18.0 Å². The Labute approximate surface area is 211 Å². The lowest BCUT2D eigenvalue weighted by atomic mass is 9.78. The fourth-order valence-electron chi connectivity index (χ4n) is 5.78. The molecule has 2 aliphatic rings. The van der Waals surface area contributed by atoms with Crippen LogP contribution in [0.1, 0.15) is 53.4 Å². The standard InChI is InChI=1S/C27H26FN7O2/c1-14-18(28)9-10-20(30-14)22-13-29-25(32-22)21-12-17-16-6-3-4-7-19(16)31-24(17)27(33-21,23-8-5-11-36-23)26-35-34-15(2)37-26/h3-4,6-7,9-10,13,21,23,31,33H,5,8,11-12H2,1-2H3,(H,29,32)/t21-,23?,27?/m1/s1. The van der Waals surface area contributed by atoms with E-state index in [0.29, 0.717) is 41.9 Å². The van der Waals surface area contributed by atoms with Crippen molar-refractivity contribution >= 4 is 10.9 Å². The molecule has 7 rings (SSSR count). The summed E-state index contributed by atoms with van der Waals surface area (Å²) in [5, 5.41) is 13.6. The number of hydrogen-bond donors (Lipinski definition) is 3. The Morgan fingerprint density at radius 2 is 1.95 bits per heavy atom. The third-order valence-electron chi connectivity index (χ3n) is 7.51. The molecule has 4 aromatic heterocycles. The second-order valence-corrected chi connectivity index (χ2v) is 9.80. The van der Waals surface area contributed by atoms with E-state index in [4.69, 9.17) is 14.1 Å². The lowest BCUT2D eigenvalue weighted by molar-refractivity contribution is 0.0186. The topological polar surface area (TPSA) is 118 Å². The van der Waals surface area contributed by atoms with Crippen LogP contribution >= 0.6 is 0 Å². The molecule has 0 radical (unpaired) electrons. The van der Waals surface area contributed by atoms with E-state index in [1.807, 2.05) is 18.3 Å². The van der Waals surface area contributed by atoms with Gasteiger partial charge in [0.25, 0.3) is 0 Å². The number of halogens is 1. The molecule has 10 heteroatoms. The summed E-state index contributed by atoms with van der Waals surface area (Å²) in [5.41, 5.74) is 3.92. The summed E-state index contributed by atoms with van der Waals surface area (Å²) in [6.45, 7) is 4.11. The van der Waals surface area contributed by atoms with Crippen molar-refractivity contribution in [3.05, 3.63) is 83.0 Å². The van der Waals surface area contributed by atoms with Gasteiger partial charge < -0.3 is 19.1 Å². The van der Waals surface area contributed by atoms with Gasteiger partial charge in [-0.1, -0.05) is 18.2 Å². The van der Waals surface area contributed by atoms with Crippen molar-refractivity contribution in [3.63, 3.8) is 0 Å². The monoisotopic (exact) mass is 499 g/mol. The van der Waals surface area contributed by atoms with Crippen LogP contribution < -0.4 is 5.32 Å². The zero-order valence-corrected chi connectivity index (χ0v) is 20.5. The minimum absolute atomic E-state index is 0.210. The lowest BCUT2D eigenvalue weighted by Crippen LogP contribution is -2.57. The number of rotatable bonds is 4. The molecule has 3 N–H and O–H groups in total. The highest BCUT2D eigenvalue weighted by Crippen LogP contribution is 2.47. The number of benzene rings is 1. The molecule has 37 heavy (non-hydrogen) atoms. The molecule has 1 saturated heterocycles. The van der Waals surface area contributed by atoms with Crippen LogP contribution in [0, 0.1) is 19.7 Å². The number of aryl methyl sites for hydroxylation is 2. The smallest absolute Gasteiger partial charge is 0.245 e. The summed E-state index contributed by atoms with van der Waals surface area (Å²) in [5.74, 6) is 1.37. The molecule has 6 heterocycles. The van der Waals surface area contributed by atoms with E-state index in [9.17, 15) is 4.39 Å². The van der Waals surface area contributed by atoms with E-state index >= 15 is 0 Å². The fraction of sp³-hybridized carbons (Fsp3) is 0.333. The van der Waals surface area contributed by atoms with Gasteiger partial charge >= 0.3 is 0 Å². The average Bonchev–Trinajstić information content (AvgIpc) is 3.71. The molecule has 0 bridgehead atoms. The van der Waals surface area contributed by atoms with Crippen molar-refractivity contribution in [2.24, 2.45) is 0 Å². The molecular weight excluding hydrogens is 473 g/mol. The zero-order chi connectivity index (χ0) is 25.1. The van der Waals surface area contributed by atoms with Gasteiger partial charge in [0.15, 0.2) is 5.54 Å². The maximum Gasteiger partial charge on any atom is 0.245 e. The van der Waals surface area contributed by atoms with Gasteiger partial charge in [-0.05, 0) is 49.9 Å². The first-order chi connectivity index (χ1) is 18.0. The average molecular weight is 500 g/mol. The van der Waals surface area contributed by atoms with Crippen LogP contribution in [0.3, 0.4) is 0 Å². The molecule has 9 nitrogen and oxygen atoms in total. The molecule has 2 aliphatic heterocycles. The highest BCUT2D eigenvalue weighted by molar-refractivity contribution is 5.85. The SMILES string of the molecule is Cc1nnc(C2(C3CCCO3)N[C@@H](c3nc(-c4ccc(F)c(C)n4)c[nH]3)Cc3c2[nH]c2ccccc32)o1. The number of aromatic nitrogens is 6. The summed E-state index contributed by atoms with van der Waals surface area (Å²) >= 11 is 0. The largest absolute Gasteiger partial charge is 0.423 e. The first-order valence-electron chi connectivity index (χ1n) is 12.5. The number of nitrogens with zero attached hydrogens (tertiary/aromatic N) is 4. The number of H-pyrrole nitrogens is 2. The summed E-state index contributed by atoms with van der Waals surface area (Å²) in [7, 11) is 0. The second-order valence-electron chi connectivity index (χ2n) is 9.80. The summed E-state index contributed by atoms with van der Waals surface area (Å²) < 4.78 is 26.2. The quantitative estimate of drug-likeness (QED) is 0.335. The Morgan fingerprint density at radius 3 is 2.73 bits per heavy atom. The van der Waals surface area contributed by atoms with E-state index in [1.54, 1.807) is 19.9 Å². The van der Waals surface area contributed by atoms with Gasteiger partial charge in [-0.25, -0.2) is 14.4 Å². The normalized spacial score (nSPS) is 23.5. The van der Waals surface area contributed by atoms with Crippen molar-refractivity contribution in [2.45, 2.75) is 50.8 Å². The van der Waals surface area contributed by atoms with Crippen LogP contribution in [0.25, 0.3) is 22.3 Å². The molecule has 3 atom stereocenters. The molecule has 0 amide bonds. The Kier molecular flexibility index (Phi) is 5.02. The Bertz CT molecular complexity index is 1620. The van der Waals surface area contributed by atoms with Crippen molar-refractivity contribution < 1.29 is 13.5 Å². The molecule has 0 spiro atoms. The number of aromatic amines is 2. The highest BCUT2D eigenvalue weighted by Gasteiger charge is 2.55. The zero-order valence-electron chi connectivity index (χ0n) is 20.5. The van der Waals surface area contributed by atoms with Crippen LogP contribution in [0.5, 0.6) is 0 Å². The van der Waals surface area contributed by atoms with Crippen molar-refractivity contribution in [2.75, 3.05) is 6.61 Å². The van der Waals surface area contributed by atoms with Crippen molar-refractivity contribution in [1.29, 1.82) is 0 Å². The minimum atomic E-state index is -0.882. The summed E-state index contributed by atoms with van der Waals surface area (Å²) in [6.07, 6.45) is 4.08. The summed E-state index contributed by atoms with van der Waals surface area (Å²) in [4.78, 5) is 16.3. The third kappa shape index (κ3) is 3.43. The number of pyridine rings is 1. The van der Waals surface area contributed by atoms with E-state index < -0.39 is 5.54 Å². The molecular formula is C27H26FN7O2. The number of hydrogen-bond acceptors (Lipinski definition) is 7. The number of para-hydroxylation sites is 1. The molecule has 0 aliphatic carbocycles. The van der Waals surface area contributed by atoms with Gasteiger partial charge in [-0.3, -0.25) is 5.32 Å². The second kappa shape index (κ2) is 8.32. The molecule has 188 valence electrons. The van der Waals surface area contributed by atoms with Gasteiger partial charge in [-0.2, -0.15) is 0 Å². The first-order valence-corrected chi connectivity index (χ1v) is 12.5. The molecule has 1 aromatic carbocycles. The van der Waals surface area contributed by atoms with Crippen LogP contribution in [-0.4, -0.2) is 42.8 Å². The predicted molar refractivity (Wildman–Crippen MR) is 133 cm³/mol. The minimum Gasteiger partial charge on any atom is -0.423 e. The maximum absolute atomic E-state index is 13.8. The summed E-state index contributed by atoms with van der Waals surface area (Å²) in [6, 6.07) is 11.1. The Balaban J connectivity index is 1.39. The van der Waals surface area contributed by atoms with E-state index in [2.05, 4.69) is 42.6 Å². The van der Waals surface area contributed by atoms with Gasteiger partial charge in [0.05, 0.1) is 29.2 Å². The number of nitrogens with one attached hydrogen (secondary N) is 3. The van der Waals surface area contributed by atoms with Gasteiger partial charge in [-0.15, -0.1) is 10.2 Å².